The summed E-state index contributed by atoms with van der Waals surface area (Å²) in [5.74, 6) is 0.632. The van der Waals surface area contributed by atoms with Crippen molar-refractivity contribution in [2.45, 2.75) is 18.9 Å². The molecule has 0 saturated heterocycles. The van der Waals surface area contributed by atoms with Crippen LogP contribution in [0.3, 0.4) is 0 Å². The van der Waals surface area contributed by atoms with Crippen molar-refractivity contribution in [2.75, 3.05) is 21.3 Å². The van der Waals surface area contributed by atoms with Crippen LogP contribution in [0.25, 0.3) is 0 Å². The number of halogens is 1. The zero-order valence-electron chi connectivity index (χ0n) is 14.4. The van der Waals surface area contributed by atoms with Crippen molar-refractivity contribution in [1.29, 1.82) is 0 Å². The third-order valence-electron chi connectivity index (χ3n) is 4.44. The molecule has 3 rings (SSSR count). The lowest BCUT2D eigenvalue weighted by molar-refractivity contribution is 0.0933. The number of rotatable bonds is 5. The van der Waals surface area contributed by atoms with Crippen molar-refractivity contribution in [1.82, 2.24) is 5.32 Å². The molecule has 0 saturated carbocycles. The van der Waals surface area contributed by atoms with Crippen molar-refractivity contribution in [3.05, 3.63) is 52.8 Å². The zero-order valence-corrected chi connectivity index (χ0v) is 14.4. The Balaban J connectivity index is 1.88. The average Bonchev–Trinajstić information content (AvgIpc) is 3.01. The van der Waals surface area contributed by atoms with Gasteiger partial charge in [0.15, 0.2) is 11.5 Å². The number of carbonyl (C=O) groups is 1. The smallest absolute Gasteiger partial charge is 0.255 e. The van der Waals surface area contributed by atoms with Crippen molar-refractivity contribution < 1.29 is 23.4 Å². The van der Waals surface area contributed by atoms with Crippen LogP contribution in [0.1, 0.15) is 33.9 Å². The van der Waals surface area contributed by atoms with E-state index in [0.29, 0.717) is 22.8 Å². The predicted molar refractivity (Wildman–Crippen MR) is 91.0 cm³/mol. The minimum atomic E-state index is -0.278. The Kier molecular flexibility index (Phi) is 4.79. The summed E-state index contributed by atoms with van der Waals surface area (Å²) in [4.78, 5) is 12.8. The molecule has 0 aromatic heterocycles. The standard InChI is InChI=1S/C19H20FNO4/c1-23-16-9-7-14(17(24-2)18(16)25-3)19(22)21-15-8-4-11-10-12(20)5-6-13(11)15/h5-7,9-10,15H,4,8H2,1-3H3,(H,21,22). The first-order valence-electron chi connectivity index (χ1n) is 7.97. The molecule has 2 aromatic carbocycles. The summed E-state index contributed by atoms with van der Waals surface area (Å²) >= 11 is 0. The minimum Gasteiger partial charge on any atom is -0.493 e. The van der Waals surface area contributed by atoms with Crippen LogP contribution in [0.2, 0.25) is 0 Å². The molecule has 2 aromatic rings. The first-order chi connectivity index (χ1) is 12.1. The van der Waals surface area contributed by atoms with E-state index in [1.165, 1.54) is 33.5 Å². The number of methoxy groups -OCH3 is 3. The highest BCUT2D eigenvalue weighted by molar-refractivity contribution is 5.98. The maximum Gasteiger partial charge on any atom is 0.255 e. The third kappa shape index (κ3) is 3.12. The van der Waals surface area contributed by atoms with Crippen LogP contribution in [0.15, 0.2) is 30.3 Å². The Bertz CT molecular complexity index is 806. The number of ether oxygens (including phenoxy) is 3. The number of hydrogen-bond donors (Lipinski definition) is 1. The summed E-state index contributed by atoms with van der Waals surface area (Å²) in [6, 6.07) is 7.82. The van der Waals surface area contributed by atoms with Gasteiger partial charge < -0.3 is 19.5 Å². The van der Waals surface area contributed by atoms with Crippen LogP contribution in [0, 0.1) is 5.82 Å². The quantitative estimate of drug-likeness (QED) is 0.904. The van der Waals surface area contributed by atoms with Crippen LogP contribution >= 0.6 is 0 Å². The highest BCUT2D eigenvalue weighted by atomic mass is 19.1. The van der Waals surface area contributed by atoms with Gasteiger partial charge in [-0.3, -0.25) is 4.79 Å². The predicted octanol–water partition coefficient (Wildman–Crippen LogP) is 3.27. The number of benzene rings is 2. The van der Waals surface area contributed by atoms with Crippen molar-refractivity contribution in [3.8, 4) is 17.2 Å². The molecular formula is C19H20FNO4. The van der Waals surface area contributed by atoms with Gasteiger partial charge >= 0.3 is 0 Å². The number of nitrogens with one attached hydrogen (secondary N) is 1. The van der Waals surface area contributed by atoms with Crippen molar-refractivity contribution in [3.63, 3.8) is 0 Å². The number of fused-ring (bicyclic) bond motifs is 1. The highest BCUT2D eigenvalue weighted by Gasteiger charge is 2.27. The van der Waals surface area contributed by atoms with Gasteiger partial charge in [-0.25, -0.2) is 4.39 Å². The van der Waals surface area contributed by atoms with Crippen molar-refractivity contribution >= 4 is 5.91 Å². The Morgan fingerprint density at radius 2 is 1.84 bits per heavy atom. The number of aryl methyl sites for hydroxylation is 1. The van der Waals surface area contributed by atoms with Gasteiger partial charge in [-0.05, 0) is 48.2 Å². The molecule has 6 heteroatoms. The van der Waals surface area contributed by atoms with E-state index in [0.717, 1.165) is 24.0 Å². The summed E-state index contributed by atoms with van der Waals surface area (Å²) in [5, 5.41) is 3.00. The van der Waals surface area contributed by atoms with Gasteiger partial charge in [0.2, 0.25) is 5.75 Å². The fraction of sp³-hybridized carbons (Fsp3) is 0.316. The van der Waals surface area contributed by atoms with Crippen LogP contribution in [-0.4, -0.2) is 27.2 Å². The molecule has 0 spiro atoms. The minimum absolute atomic E-state index is 0.152. The molecule has 0 radical (unpaired) electrons. The van der Waals surface area contributed by atoms with E-state index in [9.17, 15) is 9.18 Å². The molecular weight excluding hydrogens is 325 g/mol. The maximum atomic E-state index is 13.3. The van der Waals surface area contributed by atoms with E-state index < -0.39 is 0 Å². The summed E-state index contributed by atoms with van der Waals surface area (Å²) in [6.45, 7) is 0. The normalized spacial score (nSPS) is 15.4. The van der Waals surface area contributed by atoms with Gasteiger partial charge in [-0.15, -0.1) is 0 Å². The van der Waals surface area contributed by atoms with Crippen molar-refractivity contribution in [2.24, 2.45) is 0 Å². The Morgan fingerprint density at radius 3 is 2.52 bits per heavy atom. The average molecular weight is 345 g/mol. The number of carbonyl (C=O) groups excluding carboxylic acids is 1. The second-order valence-corrected chi connectivity index (χ2v) is 5.79. The molecule has 132 valence electrons. The Hall–Kier alpha value is -2.76. The van der Waals surface area contributed by atoms with Gasteiger partial charge in [0.05, 0.1) is 32.9 Å². The van der Waals surface area contributed by atoms with Crippen LogP contribution < -0.4 is 19.5 Å². The summed E-state index contributed by atoms with van der Waals surface area (Å²) < 4.78 is 29.3. The van der Waals surface area contributed by atoms with E-state index in [-0.39, 0.29) is 17.8 Å². The van der Waals surface area contributed by atoms with Gasteiger partial charge in [-0.2, -0.15) is 0 Å². The highest BCUT2D eigenvalue weighted by Crippen LogP contribution is 2.40. The van der Waals surface area contributed by atoms with Gasteiger partial charge in [0, 0.05) is 0 Å². The second-order valence-electron chi connectivity index (χ2n) is 5.79. The maximum absolute atomic E-state index is 13.3. The molecule has 1 aliphatic rings. The second kappa shape index (κ2) is 7.01. The Morgan fingerprint density at radius 1 is 1.08 bits per heavy atom. The molecule has 1 atom stereocenters. The lowest BCUT2D eigenvalue weighted by Crippen LogP contribution is -2.27. The molecule has 1 unspecified atom stereocenters. The SMILES string of the molecule is COc1ccc(C(=O)NC2CCc3cc(F)ccc32)c(OC)c1OC. The van der Waals surface area contributed by atoms with E-state index in [1.54, 1.807) is 18.2 Å². The van der Waals surface area contributed by atoms with E-state index in [1.807, 2.05) is 0 Å². The summed E-state index contributed by atoms with van der Waals surface area (Å²) in [5.41, 5.74) is 2.24. The molecule has 1 amide bonds. The van der Waals surface area contributed by atoms with Gasteiger partial charge in [0.25, 0.3) is 5.91 Å². The molecule has 1 N–H and O–H groups in total. The number of amides is 1. The topological polar surface area (TPSA) is 56.8 Å². The fourth-order valence-corrected chi connectivity index (χ4v) is 3.25. The lowest BCUT2D eigenvalue weighted by Gasteiger charge is -2.18. The van der Waals surface area contributed by atoms with E-state index in [4.69, 9.17) is 14.2 Å². The largest absolute Gasteiger partial charge is 0.493 e. The zero-order chi connectivity index (χ0) is 18.0. The molecule has 0 heterocycles. The molecule has 0 aliphatic heterocycles. The van der Waals surface area contributed by atoms with Crippen LogP contribution in [-0.2, 0) is 6.42 Å². The van der Waals surface area contributed by atoms with Crippen LogP contribution in [0.5, 0.6) is 17.2 Å². The molecule has 1 aliphatic carbocycles. The first kappa shape index (κ1) is 17.1. The first-order valence-corrected chi connectivity index (χ1v) is 7.97. The molecule has 25 heavy (non-hydrogen) atoms. The molecule has 0 fully saturated rings. The number of hydrogen-bond acceptors (Lipinski definition) is 4. The molecule has 0 bridgehead atoms. The third-order valence-corrected chi connectivity index (χ3v) is 4.44. The molecule has 5 nitrogen and oxygen atoms in total. The summed E-state index contributed by atoms with van der Waals surface area (Å²) in [6.07, 6.45) is 1.47. The fourth-order valence-electron chi connectivity index (χ4n) is 3.25. The Labute approximate surface area is 145 Å². The summed E-state index contributed by atoms with van der Waals surface area (Å²) in [7, 11) is 4.48. The lowest BCUT2D eigenvalue weighted by atomic mass is 10.1. The van der Waals surface area contributed by atoms with Gasteiger partial charge in [-0.1, -0.05) is 6.07 Å². The van der Waals surface area contributed by atoms with E-state index >= 15 is 0 Å². The van der Waals surface area contributed by atoms with Gasteiger partial charge in [0.1, 0.15) is 5.82 Å². The van der Waals surface area contributed by atoms with E-state index in [2.05, 4.69) is 5.32 Å². The van der Waals surface area contributed by atoms with Crippen LogP contribution in [0.4, 0.5) is 4.39 Å². The monoisotopic (exact) mass is 345 g/mol.